The highest BCUT2D eigenvalue weighted by molar-refractivity contribution is 5.98. The highest BCUT2D eigenvalue weighted by Crippen LogP contribution is 2.12. The second-order valence-corrected chi connectivity index (χ2v) is 10.9. The van der Waals surface area contributed by atoms with Crippen molar-refractivity contribution in [2.45, 2.75) is 64.5 Å². The fraction of sp³-hybridized carbons (Fsp3) is 0.452. The van der Waals surface area contributed by atoms with Gasteiger partial charge in [-0.3, -0.25) is 14.9 Å². The zero-order valence-electron chi connectivity index (χ0n) is 25.8. The summed E-state index contributed by atoms with van der Waals surface area (Å²) in [5, 5.41) is 17.2. The van der Waals surface area contributed by atoms with Gasteiger partial charge < -0.3 is 40.6 Å². The molecule has 2 aromatic carbocycles. The second-order valence-electron chi connectivity index (χ2n) is 10.9. The molecule has 2 rings (SSSR count). The molecule has 0 fully saturated rings. The number of alkyl carbamates (subject to hydrolysis) is 3. The Morgan fingerprint density at radius 2 is 1.42 bits per heavy atom. The van der Waals surface area contributed by atoms with Crippen LogP contribution in [0.4, 0.5) is 14.4 Å². The maximum Gasteiger partial charge on any atom is 0.414 e. The minimum Gasteiger partial charge on any atom is -0.445 e. The molecule has 0 bridgehead atoms. The van der Waals surface area contributed by atoms with Crippen LogP contribution in [-0.2, 0) is 37.0 Å². The monoisotopic (exact) mass is 629 g/mol. The normalized spacial score (nSPS) is 12.2. The zero-order chi connectivity index (χ0) is 33.2. The molecule has 0 aromatic heterocycles. The first-order valence-electron chi connectivity index (χ1n) is 14.5. The van der Waals surface area contributed by atoms with Gasteiger partial charge in [0.15, 0.2) is 0 Å². The van der Waals surface area contributed by atoms with Crippen molar-refractivity contribution in [3.05, 3.63) is 71.8 Å². The van der Waals surface area contributed by atoms with Crippen molar-refractivity contribution in [2.75, 3.05) is 26.2 Å². The second kappa shape index (κ2) is 18.9. The molecule has 246 valence electrons. The Bertz CT molecular complexity index is 1240. The van der Waals surface area contributed by atoms with Gasteiger partial charge in [-0.15, -0.1) is 0 Å². The van der Waals surface area contributed by atoms with E-state index in [9.17, 15) is 29.1 Å². The summed E-state index contributed by atoms with van der Waals surface area (Å²) < 4.78 is 15.6. The summed E-state index contributed by atoms with van der Waals surface area (Å²) in [4.78, 5) is 65.2. The maximum absolute atomic E-state index is 13.8. The first-order valence-corrected chi connectivity index (χ1v) is 14.5. The summed E-state index contributed by atoms with van der Waals surface area (Å²) in [5.74, 6) is -1.81. The summed E-state index contributed by atoms with van der Waals surface area (Å²) in [6.45, 7) is 3.66. The van der Waals surface area contributed by atoms with Gasteiger partial charge in [0.05, 0.1) is 6.61 Å². The van der Waals surface area contributed by atoms with Crippen molar-refractivity contribution in [1.82, 2.24) is 20.9 Å². The SMILES string of the molecule is CC(C)(C)OC(=O)N[C@@H](CCCN)C(=O)N(CCNC(=O)OCc1ccccc1)[C@@H](CO)C(=O)NC(=O)OCc1ccccc1. The molecule has 5 amide bonds. The van der Waals surface area contributed by atoms with Gasteiger partial charge in [-0.25, -0.2) is 14.4 Å². The van der Waals surface area contributed by atoms with Crippen LogP contribution in [-0.4, -0.2) is 84.0 Å². The predicted molar refractivity (Wildman–Crippen MR) is 163 cm³/mol. The van der Waals surface area contributed by atoms with Gasteiger partial charge in [0, 0.05) is 13.1 Å². The summed E-state index contributed by atoms with van der Waals surface area (Å²) in [5.41, 5.74) is 6.22. The van der Waals surface area contributed by atoms with E-state index in [-0.39, 0.29) is 39.3 Å². The van der Waals surface area contributed by atoms with E-state index in [1.165, 1.54) is 0 Å². The Kier molecular flexibility index (Phi) is 15.3. The van der Waals surface area contributed by atoms with Crippen LogP contribution in [0, 0.1) is 0 Å². The van der Waals surface area contributed by atoms with Crippen molar-refractivity contribution < 1.29 is 43.3 Å². The molecule has 0 aliphatic rings. The molecule has 2 atom stereocenters. The van der Waals surface area contributed by atoms with Gasteiger partial charge in [-0.2, -0.15) is 0 Å². The van der Waals surface area contributed by atoms with E-state index in [4.69, 9.17) is 19.9 Å². The van der Waals surface area contributed by atoms with Crippen molar-refractivity contribution in [2.24, 2.45) is 5.73 Å². The van der Waals surface area contributed by atoms with Crippen LogP contribution in [0.5, 0.6) is 0 Å². The van der Waals surface area contributed by atoms with Crippen LogP contribution in [0.15, 0.2) is 60.7 Å². The number of hydrogen-bond acceptors (Lipinski definition) is 10. The molecular weight excluding hydrogens is 586 g/mol. The fourth-order valence-corrected chi connectivity index (χ4v) is 3.97. The molecule has 0 aliphatic heterocycles. The van der Waals surface area contributed by atoms with Crippen molar-refractivity contribution in [3.8, 4) is 0 Å². The Labute approximate surface area is 262 Å². The van der Waals surface area contributed by atoms with Gasteiger partial charge in [0.25, 0.3) is 5.91 Å². The smallest absolute Gasteiger partial charge is 0.414 e. The van der Waals surface area contributed by atoms with Gasteiger partial charge >= 0.3 is 18.3 Å². The minimum atomic E-state index is -1.59. The summed E-state index contributed by atoms with van der Waals surface area (Å²) in [7, 11) is 0. The highest BCUT2D eigenvalue weighted by atomic mass is 16.6. The average molecular weight is 630 g/mol. The van der Waals surface area contributed by atoms with E-state index < -0.39 is 54.4 Å². The number of hydrogen-bond donors (Lipinski definition) is 5. The van der Waals surface area contributed by atoms with Gasteiger partial charge in [-0.1, -0.05) is 60.7 Å². The van der Waals surface area contributed by atoms with Gasteiger partial charge in [-0.05, 0) is 51.3 Å². The van der Waals surface area contributed by atoms with Crippen LogP contribution >= 0.6 is 0 Å². The molecule has 0 aliphatic carbocycles. The van der Waals surface area contributed by atoms with E-state index >= 15 is 0 Å². The zero-order valence-corrected chi connectivity index (χ0v) is 25.8. The van der Waals surface area contributed by atoms with Gasteiger partial charge in [0.1, 0.15) is 30.9 Å². The van der Waals surface area contributed by atoms with Crippen molar-refractivity contribution in [3.63, 3.8) is 0 Å². The Balaban J connectivity index is 2.17. The van der Waals surface area contributed by atoms with Crippen LogP contribution in [0.25, 0.3) is 0 Å². The Hall–Kier alpha value is -4.69. The third kappa shape index (κ3) is 14.1. The van der Waals surface area contributed by atoms with Crippen LogP contribution in [0.2, 0.25) is 0 Å². The van der Waals surface area contributed by atoms with Crippen molar-refractivity contribution >= 4 is 30.1 Å². The minimum absolute atomic E-state index is 0.00303. The summed E-state index contributed by atoms with van der Waals surface area (Å²) in [6, 6.07) is 14.9. The summed E-state index contributed by atoms with van der Waals surface area (Å²) >= 11 is 0. The fourth-order valence-electron chi connectivity index (χ4n) is 3.97. The number of aliphatic hydroxyl groups excluding tert-OH is 1. The first-order chi connectivity index (χ1) is 21.4. The number of nitrogens with zero attached hydrogens (tertiary/aromatic N) is 1. The van der Waals surface area contributed by atoms with Crippen LogP contribution in [0.1, 0.15) is 44.7 Å². The molecule has 0 heterocycles. The third-order valence-corrected chi connectivity index (χ3v) is 6.09. The molecule has 45 heavy (non-hydrogen) atoms. The number of carbonyl (C=O) groups excluding carboxylic acids is 5. The quantitative estimate of drug-likeness (QED) is 0.182. The average Bonchev–Trinajstić information content (AvgIpc) is 3.00. The van der Waals surface area contributed by atoms with Crippen LogP contribution < -0.4 is 21.7 Å². The molecule has 0 unspecified atom stereocenters. The maximum atomic E-state index is 13.8. The lowest BCUT2D eigenvalue weighted by Crippen LogP contribution is -2.59. The molecular formula is C31H43N5O9. The van der Waals surface area contributed by atoms with E-state index in [0.29, 0.717) is 12.0 Å². The lowest BCUT2D eigenvalue weighted by Gasteiger charge is -2.33. The molecule has 14 nitrogen and oxygen atoms in total. The van der Waals surface area contributed by atoms with E-state index in [1.54, 1.807) is 75.4 Å². The largest absolute Gasteiger partial charge is 0.445 e. The number of nitrogens with two attached hydrogens (primary N) is 1. The van der Waals surface area contributed by atoms with E-state index in [0.717, 1.165) is 10.5 Å². The van der Waals surface area contributed by atoms with E-state index in [1.807, 2.05) is 11.4 Å². The van der Waals surface area contributed by atoms with Crippen molar-refractivity contribution in [1.29, 1.82) is 0 Å². The Morgan fingerprint density at radius 3 is 1.93 bits per heavy atom. The number of carbonyl (C=O) groups is 5. The molecule has 0 saturated heterocycles. The molecule has 6 N–H and O–H groups in total. The topological polar surface area (TPSA) is 199 Å². The number of aliphatic hydroxyl groups is 1. The number of amides is 5. The highest BCUT2D eigenvalue weighted by Gasteiger charge is 2.35. The molecule has 14 heteroatoms. The Morgan fingerprint density at radius 1 is 0.867 bits per heavy atom. The third-order valence-electron chi connectivity index (χ3n) is 6.09. The standard InChI is InChI=1S/C31H43N5O9/c1-31(2,3)45-30(42)34-24(15-10-16-32)27(39)36(18-17-33-28(40)43-20-22-11-6-4-7-12-22)25(19-37)26(38)35-29(41)44-21-23-13-8-5-9-14-23/h4-9,11-14,24-25,37H,10,15-21,32H2,1-3H3,(H,33,40)(H,34,42)(H,35,38,41)/t24-,25-/m0/s1. The molecule has 0 spiro atoms. The van der Waals surface area contributed by atoms with Crippen LogP contribution in [0.3, 0.4) is 0 Å². The predicted octanol–water partition coefficient (Wildman–Crippen LogP) is 2.19. The lowest BCUT2D eigenvalue weighted by atomic mass is 10.1. The molecule has 2 aromatic rings. The number of nitrogens with one attached hydrogen (secondary N) is 3. The molecule has 0 saturated carbocycles. The lowest BCUT2D eigenvalue weighted by molar-refractivity contribution is -0.143. The summed E-state index contributed by atoms with van der Waals surface area (Å²) in [6.07, 6.45) is -2.35. The number of imide groups is 1. The number of ether oxygens (including phenoxy) is 3. The number of rotatable bonds is 15. The number of benzene rings is 2. The molecule has 0 radical (unpaired) electrons. The van der Waals surface area contributed by atoms with Gasteiger partial charge in [0.2, 0.25) is 5.91 Å². The van der Waals surface area contributed by atoms with E-state index in [2.05, 4.69) is 10.6 Å². The first kappa shape index (κ1) is 36.5.